The first kappa shape index (κ1) is 10.7. The van der Waals surface area contributed by atoms with Gasteiger partial charge in [0.05, 0.1) is 6.61 Å². The van der Waals surface area contributed by atoms with Gasteiger partial charge in [-0.2, -0.15) is 0 Å². The minimum Gasteiger partial charge on any atom is -0.493 e. The van der Waals surface area contributed by atoms with Gasteiger partial charge in [-0.05, 0) is 50.0 Å². The average Bonchev–Trinajstić information content (AvgIpc) is 2.87. The molecule has 4 aliphatic heterocycles. The van der Waals surface area contributed by atoms with Gasteiger partial charge in [0.2, 0.25) is 0 Å². The van der Waals surface area contributed by atoms with E-state index in [1.54, 1.807) is 0 Å². The Morgan fingerprint density at radius 1 is 1.22 bits per heavy atom. The van der Waals surface area contributed by atoms with Gasteiger partial charge >= 0.3 is 0 Å². The molecule has 5 rings (SSSR count). The molecule has 1 aromatic rings. The van der Waals surface area contributed by atoms with Crippen LogP contribution in [0.4, 0.5) is 0 Å². The molecule has 3 saturated heterocycles. The quantitative estimate of drug-likeness (QED) is 0.796. The zero-order chi connectivity index (χ0) is 11.9. The van der Waals surface area contributed by atoms with E-state index in [0.29, 0.717) is 6.10 Å². The SMILES string of the molecule is c1cc2c(cc1OC1CN3CCC1CC3)CCO2. The zero-order valence-electron chi connectivity index (χ0n) is 10.6. The number of hydrogen-bond donors (Lipinski definition) is 0. The van der Waals surface area contributed by atoms with Gasteiger partial charge in [-0.15, -0.1) is 0 Å². The van der Waals surface area contributed by atoms with Gasteiger partial charge in [0.1, 0.15) is 17.6 Å². The van der Waals surface area contributed by atoms with Crippen molar-refractivity contribution >= 4 is 0 Å². The van der Waals surface area contributed by atoms with Crippen molar-refractivity contribution < 1.29 is 9.47 Å². The van der Waals surface area contributed by atoms with Crippen molar-refractivity contribution in [3.63, 3.8) is 0 Å². The van der Waals surface area contributed by atoms with Gasteiger partial charge in [0.15, 0.2) is 0 Å². The summed E-state index contributed by atoms with van der Waals surface area (Å²) in [6.45, 7) is 4.46. The summed E-state index contributed by atoms with van der Waals surface area (Å²) in [7, 11) is 0. The van der Waals surface area contributed by atoms with E-state index in [4.69, 9.17) is 9.47 Å². The standard InChI is InChI=1S/C15H19NO2/c1-2-14-12(5-8-17-14)9-13(1)18-15-10-16-6-3-11(15)4-7-16/h1-2,9,11,15H,3-8,10H2. The molecule has 0 radical (unpaired) electrons. The Balaban J connectivity index is 1.51. The molecule has 0 amide bonds. The fraction of sp³-hybridized carbons (Fsp3) is 0.600. The fourth-order valence-corrected chi connectivity index (χ4v) is 3.46. The van der Waals surface area contributed by atoms with E-state index in [1.807, 2.05) is 0 Å². The second kappa shape index (κ2) is 4.16. The number of nitrogens with zero attached hydrogens (tertiary/aromatic N) is 1. The van der Waals surface area contributed by atoms with Crippen molar-refractivity contribution in [2.75, 3.05) is 26.2 Å². The monoisotopic (exact) mass is 245 g/mol. The summed E-state index contributed by atoms with van der Waals surface area (Å²) in [6, 6.07) is 6.28. The fourth-order valence-electron chi connectivity index (χ4n) is 3.46. The lowest BCUT2D eigenvalue weighted by Crippen LogP contribution is -2.52. The van der Waals surface area contributed by atoms with Gasteiger partial charge in [-0.3, -0.25) is 4.90 Å². The lowest BCUT2D eigenvalue weighted by atomic mass is 9.86. The Hall–Kier alpha value is -1.22. The highest BCUT2D eigenvalue weighted by Gasteiger charge is 2.35. The van der Waals surface area contributed by atoms with Gasteiger partial charge in [-0.1, -0.05) is 0 Å². The second-order valence-corrected chi connectivity index (χ2v) is 5.66. The molecule has 96 valence electrons. The van der Waals surface area contributed by atoms with Crippen LogP contribution in [0.3, 0.4) is 0 Å². The van der Waals surface area contributed by atoms with Crippen LogP contribution in [-0.4, -0.2) is 37.2 Å². The van der Waals surface area contributed by atoms with E-state index in [0.717, 1.165) is 37.0 Å². The summed E-state index contributed by atoms with van der Waals surface area (Å²) >= 11 is 0. The first-order valence-corrected chi connectivity index (χ1v) is 7.03. The molecular weight excluding hydrogens is 226 g/mol. The van der Waals surface area contributed by atoms with Crippen molar-refractivity contribution in [1.82, 2.24) is 4.90 Å². The van der Waals surface area contributed by atoms with E-state index < -0.39 is 0 Å². The highest BCUT2D eigenvalue weighted by Crippen LogP contribution is 2.33. The van der Waals surface area contributed by atoms with Crippen molar-refractivity contribution in [3.8, 4) is 11.5 Å². The summed E-state index contributed by atoms with van der Waals surface area (Å²) in [5.74, 6) is 2.83. The van der Waals surface area contributed by atoms with Gasteiger partial charge in [0, 0.05) is 18.5 Å². The van der Waals surface area contributed by atoms with E-state index >= 15 is 0 Å². The lowest BCUT2D eigenvalue weighted by Gasteiger charge is -2.44. The summed E-state index contributed by atoms with van der Waals surface area (Å²) in [4.78, 5) is 2.53. The van der Waals surface area contributed by atoms with Crippen LogP contribution in [0.1, 0.15) is 18.4 Å². The van der Waals surface area contributed by atoms with Gasteiger partial charge < -0.3 is 9.47 Å². The molecule has 3 fully saturated rings. The summed E-state index contributed by atoms with van der Waals surface area (Å²) in [5.41, 5.74) is 1.30. The molecular formula is C15H19NO2. The maximum Gasteiger partial charge on any atom is 0.122 e. The van der Waals surface area contributed by atoms with Gasteiger partial charge in [-0.25, -0.2) is 0 Å². The van der Waals surface area contributed by atoms with Crippen LogP contribution < -0.4 is 9.47 Å². The Labute approximate surface area is 108 Å². The van der Waals surface area contributed by atoms with Gasteiger partial charge in [0.25, 0.3) is 0 Å². The van der Waals surface area contributed by atoms with Crippen LogP contribution in [0, 0.1) is 5.92 Å². The van der Waals surface area contributed by atoms with E-state index in [-0.39, 0.29) is 0 Å². The van der Waals surface area contributed by atoms with E-state index in [9.17, 15) is 0 Å². The molecule has 0 spiro atoms. The maximum absolute atomic E-state index is 6.22. The van der Waals surface area contributed by atoms with Crippen LogP contribution in [0.15, 0.2) is 18.2 Å². The number of benzene rings is 1. The number of rotatable bonds is 2. The molecule has 2 bridgehead atoms. The molecule has 0 saturated carbocycles. The third kappa shape index (κ3) is 1.77. The molecule has 3 heteroatoms. The molecule has 0 N–H and O–H groups in total. The predicted molar refractivity (Wildman–Crippen MR) is 69.2 cm³/mol. The highest BCUT2D eigenvalue weighted by atomic mass is 16.5. The van der Waals surface area contributed by atoms with Crippen LogP contribution in [-0.2, 0) is 6.42 Å². The van der Waals surface area contributed by atoms with E-state index in [1.165, 1.54) is 31.5 Å². The van der Waals surface area contributed by atoms with Crippen molar-refractivity contribution in [3.05, 3.63) is 23.8 Å². The Bertz CT molecular complexity index is 452. The molecule has 0 aromatic heterocycles. The first-order chi connectivity index (χ1) is 8.88. The topological polar surface area (TPSA) is 21.7 Å². The van der Waals surface area contributed by atoms with Crippen LogP contribution in [0.5, 0.6) is 11.5 Å². The minimum atomic E-state index is 0.396. The molecule has 1 unspecified atom stereocenters. The number of ether oxygens (including phenoxy) is 2. The molecule has 1 aromatic carbocycles. The molecule has 4 heterocycles. The third-order valence-corrected chi connectivity index (χ3v) is 4.54. The second-order valence-electron chi connectivity index (χ2n) is 5.66. The Kier molecular flexibility index (Phi) is 2.47. The largest absolute Gasteiger partial charge is 0.493 e. The summed E-state index contributed by atoms with van der Waals surface area (Å²) in [5, 5.41) is 0. The molecule has 18 heavy (non-hydrogen) atoms. The summed E-state index contributed by atoms with van der Waals surface area (Å²) in [6.07, 6.45) is 4.03. The van der Waals surface area contributed by atoms with Crippen molar-refractivity contribution in [1.29, 1.82) is 0 Å². The minimum absolute atomic E-state index is 0.396. The van der Waals surface area contributed by atoms with Crippen LogP contribution in [0.2, 0.25) is 0 Å². The van der Waals surface area contributed by atoms with Crippen LogP contribution in [0.25, 0.3) is 0 Å². The number of hydrogen-bond acceptors (Lipinski definition) is 3. The molecule has 3 nitrogen and oxygen atoms in total. The molecule has 0 aliphatic carbocycles. The summed E-state index contributed by atoms with van der Waals surface area (Å²) < 4.78 is 11.7. The Morgan fingerprint density at radius 2 is 2.11 bits per heavy atom. The zero-order valence-corrected chi connectivity index (χ0v) is 10.6. The average molecular weight is 245 g/mol. The molecule has 4 aliphatic rings. The molecule has 1 atom stereocenters. The first-order valence-electron chi connectivity index (χ1n) is 7.03. The maximum atomic E-state index is 6.22. The number of fused-ring (bicyclic) bond motifs is 4. The van der Waals surface area contributed by atoms with Crippen molar-refractivity contribution in [2.45, 2.75) is 25.4 Å². The Morgan fingerprint density at radius 3 is 2.89 bits per heavy atom. The third-order valence-electron chi connectivity index (χ3n) is 4.54. The highest BCUT2D eigenvalue weighted by molar-refractivity contribution is 5.42. The van der Waals surface area contributed by atoms with E-state index in [2.05, 4.69) is 23.1 Å². The predicted octanol–water partition coefficient (Wildman–Crippen LogP) is 2.09. The van der Waals surface area contributed by atoms with Crippen LogP contribution >= 0.6 is 0 Å². The normalized spacial score (nSPS) is 33.0. The lowest BCUT2D eigenvalue weighted by molar-refractivity contribution is -0.00778. The van der Waals surface area contributed by atoms with Crippen molar-refractivity contribution in [2.24, 2.45) is 5.92 Å². The number of piperidine rings is 3. The smallest absolute Gasteiger partial charge is 0.122 e.